The van der Waals surface area contributed by atoms with Gasteiger partial charge in [-0.1, -0.05) is 24.3 Å². The molecule has 0 radical (unpaired) electrons. The van der Waals surface area contributed by atoms with E-state index < -0.39 is 0 Å². The van der Waals surface area contributed by atoms with E-state index in [1.165, 1.54) is 17.7 Å². The molecule has 2 N–H and O–H groups in total. The number of ether oxygens (including phenoxy) is 1. The van der Waals surface area contributed by atoms with Crippen molar-refractivity contribution in [1.82, 2.24) is 15.3 Å². The minimum Gasteiger partial charge on any atom is -0.373 e. The van der Waals surface area contributed by atoms with Crippen molar-refractivity contribution >= 4 is 16.9 Å². The Hall–Kier alpha value is -2.73. The number of benzene rings is 2. The zero-order valence-corrected chi connectivity index (χ0v) is 13.6. The van der Waals surface area contributed by atoms with Gasteiger partial charge in [0.2, 0.25) is 5.91 Å². The monoisotopic (exact) mass is 339 g/mol. The van der Waals surface area contributed by atoms with E-state index in [1.54, 1.807) is 6.07 Å². The molecule has 128 valence electrons. The number of aromatic amines is 1. The molecule has 5 nitrogen and oxygen atoms in total. The van der Waals surface area contributed by atoms with Crippen LogP contribution in [0.2, 0.25) is 0 Å². The van der Waals surface area contributed by atoms with E-state index in [0.717, 1.165) is 12.0 Å². The predicted octanol–water partition coefficient (Wildman–Crippen LogP) is 3.02. The largest absolute Gasteiger partial charge is 0.373 e. The highest BCUT2D eigenvalue weighted by molar-refractivity contribution is 5.77. The number of rotatable bonds is 4. The maximum atomic E-state index is 13.2. The van der Waals surface area contributed by atoms with Crippen molar-refractivity contribution in [3.63, 3.8) is 0 Å². The van der Waals surface area contributed by atoms with Gasteiger partial charge in [0.1, 0.15) is 11.6 Å². The van der Waals surface area contributed by atoms with Gasteiger partial charge in [0.25, 0.3) is 0 Å². The summed E-state index contributed by atoms with van der Waals surface area (Å²) in [7, 11) is 0. The van der Waals surface area contributed by atoms with Gasteiger partial charge in [0.05, 0.1) is 36.7 Å². The highest BCUT2D eigenvalue weighted by Crippen LogP contribution is 2.29. The summed E-state index contributed by atoms with van der Waals surface area (Å²) < 4.78 is 19.0. The van der Waals surface area contributed by atoms with E-state index in [4.69, 9.17) is 4.74 Å². The lowest BCUT2D eigenvalue weighted by Crippen LogP contribution is -2.27. The van der Waals surface area contributed by atoms with Gasteiger partial charge < -0.3 is 15.0 Å². The van der Waals surface area contributed by atoms with E-state index in [2.05, 4.69) is 21.4 Å². The summed E-state index contributed by atoms with van der Waals surface area (Å²) in [6, 6.07) is 12.4. The zero-order valence-electron chi connectivity index (χ0n) is 13.6. The smallest absolute Gasteiger partial charge is 0.223 e. The fourth-order valence-corrected chi connectivity index (χ4v) is 3.19. The van der Waals surface area contributed by atoms with Gasteiger partial charge in [-0.15, -0.1) is 0 Å². The lowest BCUT2D eigenvalue weighted by Gasteiger charge is -2.25. The summed E-state index contributed by atoms with van der Waals surface area (Å²) >= 11 is 0. The van der Waals surface area contributed by atoms with Crippen LogP contribution in [0.3, 0.4) is 0 Å². The normalized spacial score (nSPS) is 16.6. The number of hydrogen-bond donors (Lipinski definition) is 2. The van der Waals surface area contributed by atoms with Gasteiger partial charge in [0, 0.05) is 0 Å². The molecular formula is C19H18FN3O2. The lowest BCUT2D eigenvalue weighted by molar-refractivity contribution is -0.124. The summed E-state index contributed by atoms with van der Waals surface area (Å²) in [4.78, 5) is 19.6. The van der Waals surface area contributed by atoms with E-state index in [0.29, 0.717) is 23.5 Å². The summed E-state index contributed by atoms with van der Waals surface area (Å²) in [5.74, 6) is 0.173. The average molecular weight is 339 g/mol. The van der Waals surface area contributed by atoms with Crippen molar-refractivity contribution < 1.29 is 13.9 Å². The van der Waals surface area contributed by atoms with Crippen molar-refractivity contribution in [3.8, 4) is 0 Å². The summed E-state index contributed by atoms with van der Waals surface area (Å²) in [6.45, 7) is 0.896. The first-order valence-corrected chi connectivity index (χ1v) is 8.29. The topological polar surface area (TPSA) is 67.0 Å². The van der Waals surface area contributed by atoms with Gasteiger partial charge in [0.15, 0.2) is 0 Å². The van der Waals surface area contributed by atoms with Gasteiger partial charge >= 0.3 is 0 Å². The first-order chi connectivity index (χ1) is 12.2. The molecule has 6 heteroatoms. The van der Waals surface area contributed by atoms with E-state index in [9.17, 15) is 9.18 Å². The third-order valence-electron chi connectivity index (χ3n) is 4.41. The van der Waals surface area contributed by atoms with Crippen LogP contribution >= 0.6 is 0 Å². The molecule has 1 unspecified atom stereocenters. The Labute approximate surface area is 144 Å². The molecule has 1 atom stereocenters. The molecule has 1 aliphatic rings. The highest BCUT2D eigenvalue weighted by atomic mass is 19.1. The van der Waals surface area contributed by atoms with Crippen LogP contribution in [0.15, 0.2) is 42.5 Å². The molecule has 1 aliphatic heterocycles. The maximum Gasteiger partial charge on any atom is 0.223 e. The van der Waals surface area contributed by atoms with Crippen molar-refractivity contribution in [2.45, 2.75) is 25.5 Å². The molecule has 0 spiro atoms. The van der Waals surface area contributed by atoms with Crippen LogP contribution in [-0.4, -0.2) is 22.5 Å². The van der Waals surface area contributed by atoms with Crippen LogP contribution in [0.4, 0.5) is 4.39 Å². The molecule has 1 aromatic heterocycles. The molecule has 25 heavy (non-hydrogen) atoms. The molecular weight excluding hydrogens is 321 g/mol. The molecule has 0 fully saturated rings. The van der Waals surface area contributed by atoms with Gasteiger partial charge in [-0.05, 0) is 35.7 Å². The molecule has 1 amide bonds. The average Bonchev–Trinajstić information content (AvgIpc) is 3.02. The molecule has 3 aromatic rings. The Bertz CT molecular complexity index is 922. The highest BCUT2D eigenvalue weighted by Gasteiger charge is 2.23. The molecule has 4 rings (SSSR count). The fourth-order valence-electron chi connectivity index (χ4n) is 3.19. The van der Waals surface area contributed by atoms with Crippen molar-refractivity contribution in [2.24, 2.45) is 0 Å². The molecule has 0 saturated heterocycles. The van der Waals surface area contributed by atoms with Gasteiger partial charge in [-0.2, -0.15) is 0 Å². The van der Waals surface area contributed by atoms with Crippen LogP contribution in [-0.2, 0) is 22.5 Å². The Morgan fingerprint density at radius 3 is 3.12 bits per heavy atom. The van der Waals surface area contributed by atoms with Crippen molar-refractivity contribution in [3.05, 3.63) is 65.2 Å². The number of carbonyl (C=O) groups is 1. The molecule has 0 saturated carbocycles. The maximum absolute atomic E-state index is 13.2. The summed E-state index contributed by atoms with van der Waals surface area (Å²) in [5.41, 5.74) is 3.62. The zero-order chi connectivity index (χ0) is 17.2. The van der Waals surface area contributed by atoms with E-state index >= 15 is 0 Å². The second kappa shape index (κ2) is 6.64. The molecule has 0 bridgehead atoms. The fraction of sp³-hybridized carbons (Fsp3) is 0.263. The quantitative estimate of drug-likeness (QED) is 0.768. The number of fused-ring (bicyclic) bond motifs is 2. The van der Waals surface area contributed by atoms with E-state index in [1.807, 2.05) is 18.2 Å². The number of nitrogens with one attached hydrogen (secondary N) is 2. The number of nitrogens with zero attached hydrogens (tertiary/aromatic N) is 1. The number of aromatic nitrogens is 2. The summed E-state index contributed by atoms with van der Waals surface area (Å²) in [6.07, 6.45) is 0.935. The second-order valence-corrected chi connectivity index (χ2v) is 6.13. The third-order valence-corrected chi connectivity index (χ3v) is 4.41. The third kappa shape index (κ3) is 3.39. The number of H-pyrrole nitrogens is 1. The van der Waals surface area contributed by atoms with Crippen LogP contribution in [0.1, 0.15) is 29.5 Å². The number of halogens is 1. The van der Waals surface area contributed by atoms with Crippen molar-refractivity contribution in [1.29, 1.82) is 0 Å². The predicted molar refractivity (Wildman–Crippen MR) is 91.4 cm³/mol. The Balaban J connectivity index is 1.39. The second-order valence-electron chi connectivity index (χ2n) is 6.13. The summed E-state index contributed by atoms with van der Waals surface area (Å²) in [5, 5.41) is 2.85. The Morgan fingerprint density at radius 1 is 1.32 bits per heavy atom. The number of hydrogen-bond acceptors (Lipinski definition) is 3. The van der Waals surface area contributed by atoms with E-state index in [-0.39, 0.29) is 30.8 Å². The minimum atomic E-state index is -0.320. The Morgan fingerprint density at radius 2 is 2.20 bits per heavy atom. The first kappa shape index (κ1) is 15.8. The van der Waals surface area contributed by atoms with Crippen molar-refractivity contribution in [2.75, 3.05) is 6.61 Å². The molecule has 2 heterocycles. The van der Waals surface area contributed by atoms with Crippen LogP contribution in [0.25, 0.3) is 11.0 Å². The van der Waals surface area contributed by atoms with Crippen LogP contribution in [0, 0.1) is 5.82 Å². The first-order valence-electron chi connectivity index (χ1n) is 8.29. The number of amides is 1. The number of carbonyl (C=O) groups excluding carboxylic acids is 1. The number of imidazole rings is 1. The Kier molecular flexibility index (Phi) is 4.19. The SMILES string of the molecule is O=C(CC1OCCc2ccccc21)NCc1nc2ccc(F)cc2[nH]1. The van der Waals surface area contributed by atoms with Gasteiger partial charge in [-0.3, -0.25) is 4.79 Å². The van der Waals surface area contributed by atoms with Crippen LogP contribution < -0.4 is 5.32 Å². The minimum absolute atomic E-state index is 0.103. The van der Waals surface area contributed by atoms with Gasteiger partial charge in [-0.25, -0.2) is 9.37 Å². The lowest BCUT2D eigenvalue weighted by atomic mass is 9.96. The molecule has 0 aliphatic carbocycles. The van der Waals surface area contributed by atoms with Crippen LogP contribution in [0.5, 0.6) is 0 Å². The standard InChI is InChI=1S/C19H18FN3O2/c20-13-5-6-15-16(9-13)23-18(22-15)11-21-19(24)10-17-14-4-2-1-3-12(14)7-8-25-17/h1-6,9,17H,7-8,10-11H2,(H,21,24)(H,22,23). The molecule has 2 aromatic carbocycles.